The Kier molecular flexibility index (Phi) is 6.45. The minimum absolute atomic E-state index is 0.0476. The summed E-state index contributed by atoms with van der Waals surface area (Å²) in [6.45, 7) is 12.8. The number of piperazine rings is 1. The van der Waals surface area contributed by atoms with Crippen LogP contribution in [0.2, 0.25) is 0 Å². The Morgan fingerprint density at radius 2 is 1.76 bits per heavy atom. The summed E-state index contributed by atoms with van der Waals surface area (Å²) in [5.74, 6) is 0.0476. The predicted molar refractivity (Wildman–Crippen MR) is 82.1 cm³/mol. The lowest BCUT2D eigenvalue weighted by Gasteiger charge is -2.38. The fourth-order valence-electron chi connectivity index (χ4n) is 2.20. The summed E-state index contributed by atoms with van der Waals surface area (Å²) >= 11 is 0. The van der Waals surface area contributed by atoms with Gasteiger partial charge in [-0.1, -0.05) is 6.92 Å². The van der Waals surface area contributed by atoms with E-state index >= 15 is 0 Å². The smallest absolute Gasteiger partial charge is 0.409 e. The van der Waals surface area contributed by atoms with Gasteiger partial charge in [-0.2, -0.15) is 0 Å². The summed E-state index contributed by atoms with van der Waals surface area (Å²) in [7, 11) is 0. The van der Waals surface area contributed by atoms with Crippen LogP contribution in [0.5, 0.6) is 0 Å². The lowest BCUT2D eigenvalue weighted by molar-refractivity contribution is -0.128. The van der Waals surface area contributed by atoms with Crippen molar-refractivity contribution in [2.45, 2.75) is 52.6 Å². The first-order chi connectivity index (χ1) is 9.80. The highest BCUT2D eigenvalue weighted by Crippen LogP contribution is 2.11. The third kappa shape index (κ3) is 5.19. The number of nitrogens with zero attached hydrogens (tertiary/aromatic N) is 2. The third-order valence-corrected chi connectivity index (χ3v) is 4.11. The average Bonchev–Trinajstić information content (AvgIpc) is 2.46. The molecule has 122 valence electrons. The molecule has 1 atom stereocenters. The lowest BCUT2D eigenvalue weighted by atomic mass is 10.0. The number of hydrogen-bond donors (Lipinski definition) is 1. The average molecular weight is 299 g/mol. The highest BCUT2D eigenvalue weighted by Gasteiger charge is 2.29. The minimum atomic E-state index is -0.263. The van der Waals surface area contributed by atoms with Crippen LogP contribution in [0.1, 0.15) is 41.0 Å². The van der Waals surface area contributed by atoms with Gasteiger partial charge in [-0.3, -0.25) is 9.69 Å². The zero-order valence-corrected chi connectivity index (χ0v) is 13.9. The molecule has 1 unspecified atom stereocenters. The summed E-state index contributed by atoms with van der Waals surface area (Å²) < 4.78 is 4.99. The van der Waals surface area contributed by atoms with E-state index in [0.717, 1.165) is 6.42 Å². The van der Waals surface area contributed by atoms with Crippen molar-refractivity contribution < 1.29 is 14.3 Å². The van der Waals surface area contributed by atoms with E-state index in [-0.39, 0.29) is 23.6 Å². The standard InChI is InChI=1S/C15H29N3O3/c1-6-15(4,5)16-13(19)12(3)17-8-10-18(11-9-17)14(20)21-7-2/h12H,6-11H2,1-5H3,(H,16,19). The molecule has 6 nitrogen and oxygen atoms in total. The fourth-order valence-corrected chi connectivity index (χ4v) is 2.20. The normalized spacial score (nSPS) is 18.2. The van der Waals surface area contributed by atoms with Gasteiger partial charge in [0.1, 0.15) is 0 Å². The van der Waals surface area contributed by atoms with E-state index in [1.807, 2.05) is 20.8 Å². The molecule has 1 aliphatic rings. The Morgan fingerprint density at radius 3 is 2.24 bits per heavy atom. The number of ether oxygens (including phenoxy) is 1. The van der Waals surface area contributed by atoms with Crippen LogP contribution >= 0.6 is 0 Å². The molecule has 21 heavy (non-hydrogen) atoms. The Labute approximate surface area is 127 Å². The van der Waals surface area contributed by atoms with E-state index < -0.39 is 0 Å². The van der Waals surface area contributed by atoms with Crippen molar-refractivity contribution in [3.05, 3.63) is 0 Å². The number of hydrogen-bond acceptors (Lipinski definition) is 4. The van der Waals surface area contributed by atoms with E-state index in [0.29, 0.717) is 32.8 Å². The van der Waals surface area contributed by atoms with Crippen LogP contribution < -0.4 is 5.32 Å². The molecule has 1 N–H and O–H groups in total. The molecule has 1 rings (SSSR count). The van der Waals surface area contributed by atoms with Crippen LogP contribution in [0.3, 0.4) is 0 Å². The molecule has 1 aliphatic heterocycles. The molecule has 1 saturated heterocycles. The van der Waals surface area contributed by atoms with E-state index in [9.17, 15) is 9.59 Å². The summed E-state index contributed by atoms with van der Waals surface area (Å²) in [6.07, 6.45) is 0.628. The molecular weight excluding hydrogens is 270 g/mol. The van der Waals surface area contributed by atoms with Crippen molar-refractivity contribution in [1.82, 2.24) is 15.1 Å². The van der Waals surface area contributed by atoms with E-state index in [2.05, 4.69) is 17.1 Å². The summed E-state index contributed by atoms with van der Waals surface area (Å²) in [5.41, 5.74) is -0.182. The van der Waals surface area contributed by atoms with Crippen LogP contribution in [-0.4, -0.2) is 66.2 Å². The first-order valence-corrected chi connectivity index (χ1v) is 7.78. The molecule has 6 heteroatoms. The largest absolute Gasteiger partial charge is 0.450 e. The first kappa shape index (κ1) is 17.8. The van der Waals surface area contributed by atoms with Gasteiger partial charge in [0.05, 0.1) is 12.6 Å². The second-order valence-corrected chi connectivity index (χ2v) is 6.12. The Balaban J connectivity index is 2.46. The molecule has 2 amide bonds. The molecule has 1 heterocycles. The Bertz CT molecular complexity index is 363. The molecular formula is C15H29N3O3. The fraction of sp³-hybridized carbons (Fsp3) is 0.867. The monoisotopic (exact) mass is 299 g/mol. The number of carbonyl (C=O) groups is 2. The molecule has 0 spiro atoms. The van der Waals surface area contributed by atoms with Crippen molar-refractivity contribution >= 4 is 12.0 Å². The summed E-state index contributed by atoms with van der Waals surface area (Å²) in [4.78, 5) is 27.7. The van der Waals surface area contributed by atoms with Gasteiger partial charge in [-0.05, 0) is 34.1 Å². The second kappa shape index (κ2) is 7.64. The van der Waals surface area contributed by atoms with E-state index in [1.165, 1.54) is 0 Å². The summed E-state index contributed by atoms with van der Waals surface area (Å²) in [6, 6.07) is -0.180. The van der Waals surface area contributed by atoms with Gasteiger partial charge in [-0.25, -0.2) is 4.79 Å². The molecule has 0 aromatic heterocycles. The molecule has 1 fully saturated rings. The highest BCUT2D eigenvalue weighted by molar-refractivity contribution is 5.82. The zero-order chi connectivity index (χ0) is 16.0. The van der Waals surface area contributed by atoms with Gasteiger partial charge in [0.2, 0.25) is 5.91 Å². The minimum Gasteiger partial charge on any atom is -0.450 e. The van der Waals surface area contributed by atoms with Gasteiger partial charge in [0, 0.05) is 31.7 Å². The SMILES string of the molecule is CCOC(=O)N1CCN(C(C)C(=O)NC(C)(C)CC)CC1. The second-order valence-electron chi connectivity index (χ2n) is 6.12. The topological polar surface area (TPSA) is 61.9 Å². The van der Waals surface area contributed by atoms with Gasteiger partial charge in [-0.15, -0.1) is 0 Å². The van der Waals surface area contributed by atoms with Crippen LogP contribution in [0.4, 0.5) is 4.79 Å². The van der Waals surface area contributed by atoms with Crippen molar-refractivity contribution in [2.75, 3.05) is 32.8 Å². The number of nitrogens with one attached hydrogen (secondary N) is 1. The lowest BCUT2D eigenvalue weighted by Crippen LogP contribution is -2.57. The van der Waals surface area contributed by atoms with Gasteiger partial charge in [0.25, 0.3) is 0 Å². The van der Waals surface area contributed by atoms with Crippen LogP contribution in [-0.2, 0) is 9.53 Å². The highest BCUT2D eigenvalue weighted by atomic mass is 16.6. The van der Waals surface area contributed by atoms with E-state index in [1.54, 1.807) is 11.8 Å². The third-order valence-electron chi connectivity index (χ3n) is 4.11. The first-order valence-electron chi connectivity index (χ1n) is 7.78. The number of carbonyl (C=O) groups excluding carboxylic acids is 2. The number of rotatable bonds is 5. The maximum Gasteiger partial charge on any atom is 0.409 e. The Morgan fingerprint density at radius 1 is 1.19 bits per heavy atom. The quantitative estimate of drug-likeness (QED) is 0.835. The molecule has 0 aromatic rings. The van der Waals surface area contributed by atoms with Gasteiger partial charge >= 0.3 is 6.09 Å². The van der Waals surface area contributed by atoms with Gasteiger partial charge in [0.15, 0.2) is 0 Å². The maximum absolute atomic E-state index is 12.3. The maximum atomic E-state index is 12.3. The van der Waals surface area contributed by atoms with Crippen LogP contribution in [0.15, 0.2) is 0 Å². The van der Waals surface area contributed by atoms with E-state index in [4.69, 9.17) is 4.74 Å². The molecule has 0 bridgehead atoms. The zero-order valence-electron chi connectivity index (χ0n) is 13.9. The van der Waals surface area contributed by atoms with Crippen molar-refractivity contribution in [3.8, 4) is 0 Å². The van der Waals surface area contributed by atoms with Crippen molar-refractivity contribution in [1.29, 1.82) is 0 Å². The van der Waals surface area contributed by atoms with Crippen molar-refractivity contribution in [2.24, 2.45) is 0 Å². The molecule has 0 saturated carbocycles. The molecule has 0 radical (unpaired) electrons. The molecule has 0 aliphatic carbocycles. The number of amides is 2. The molecule has 0 aromatic carbocycles. The van der Waals surface area contributed by atoms with Crippen LogP contribution in [0, 0.1) is 0 Å². The summed E-state index contributed by atoms with van der Waals surface area (Å²) in [5, 5.41) is 3.07. The van der Waals surface area contributed by atoms with Crippen LogP contribution in [0.25, 0.3) is 0 Å². The van der Waals surface area contributed by atoms with Crippen molar-refractivity contribution in [3.63, 3.8) is 0 Å². The van der Waals surface area contributed by atoms with Gasteiger partial charge < -0.3 is 15.0 Å². The predicted octanol–water partition coefficient (Wildman–Crippen LogP) is 1.45. The Hall–Kier alpha value is -1.30.